The summed E-state index contributed by atoms with van der Waals surface area (Å²) in [6.45, 7) is 13.9. The third kappa shape index (κ3) is 4.66. The van der Waals surface area contributed by atoms with Gasteiger partial charge in [0, 0.05) is 50.6 Å². The Hall–Kier alpha value is -1.75. The number of likely N-dealkylation sites (tertiary alicyclic amines) is 1. The molecule has 1 N–H and O–H groups in total. The predicted octanol–water partition coefficient (Wildman–Crippen LogP) is 3.48. The van der Waals surface area contributed by atoms with E-state index < -0.39 is 0 Å². The van der Waals surface area contributed by atoms with Gasteiger partial charge in [-0.2, -0.15) is 0 Å². The van der Waals surface area contributed by atoms with E-state index in [9.17, 15) is 4.79 Å². The van der Waals surface area contributed by atoms with Gasteiger partial charge >= 0.3 is 6.03 Å². The maximum Gasteiger partial charge on any atom is 0.321 e. The van der Waals surface area contributed by atoms with E-state index in [0.29, 0.717) is 5.41 Å². The van der Waals surface area contributed by atoms with E-state index in [-0.39, 0.29) is 6.03 Å². The molecule has 5 heteroatoms. The van der Waals surface area contributed by atoms with E-state index in [1.54, 1.807) is 0 Å². The Balaban J connectivity index is 1.57. The standard InChI is InChI=1S/C20H32N4O/c1-4-22-12-14-23(15-13-22)18-7-5-6-17(16-18)21-19(25)24-10-8-20(2,3)9-11-24/h5-7,16H,4,8-15H2,1-3H3,(H,21,25). The molecule has 138 valence electrons. The number of carbonyl (C=O) groups is 1. The quantitative estimate of drug-likeness (QED) is 0.912. The van der Waals surface area contributed by atoms with Gasteiger partial charge in [-0.05, 0) is 43.0 Å². The van der Waals surface area contributed by atoms with Gasteiger partial charge in [-0.1, -0.05) is 26.8 Å². The summed E-state index contributed by atoms with van der Waals surface area (Å²) in [6.07, 6.45) is 2.14. The minimum Gasteiger partial charge on any atom is -0.369 e. The average molecular weight is 345 g/mol. The zero-order valence-electron chi connectivity index (χ0n) is 15.9. The molecule has 0 saturated carbocycles. The van der Waals surface area contributed by atoms with E-state index >= 15 is 0 Å². The van der Waals surface area contributed by atoms with Crippen LogP contribution in [0.1, 0.15) is 33.6 Å². The second-order valence-corrected chi connectivity index (χ2v) is 8.05. The fraction of sp³-hybridized carbons (Fsp3) is 0.650. The molecule has 3 rings (SSSR count). The van der Waals surface area contributed by atoms with E-state index in [0.717, 1.165) is 64.3 Å². The van der Waals surface area contributed by atoms with E-state index in [1.165, 1.54) is 5.69 Å². The van der Waals surface area contributed by atoms with E-state index in [4.69, 9.17) is 0 Å². The van der Waals surface area contributed by atoms with Crippen molar-refractivity contribution in [1.82, 2.24) is 9.80 Å². The van der Waals surface area contributed by atoms with Gasteiger partial charge in [0.15, 0.2) is 0 Å². The van der Waals surface area contributed by atoms with Crippen molar-refractivity contribution in [3.05, 3.63) is 24.3 Å². The van der Waals surface area contributed by atoms with Gasteiger partial charge in [-0.3, -0.25) is 0 Å². The molecular formula is C20H32N4O. The van der Waals surface area contributed by atoms with Crippen LogP contribution in [0.25, 0.3) is 0 Å². The first kappa shape index (κ1) is 18.1. The minimum absolute atomic E-state index is 0.0310. The van der Waals surface area contributed by atoms with E-state index in [2.05, 4.69) is 48.0 Å². The summed E-state index contributed by atoms with van der Waals surface area (Å²) >= 11 is 0. The Kier molecular flexibility index (Phi) is 5.52. The first-order chi connectivity index (χ1) is 12.0. The van der Waals surface area contributed by atoms with Crippen LogP contribution in [0.5, 0.6) is 0 Å². The second kappa shape index (κ2) is 7.65. The summed E-state index contributed by atoms with van der Waals surface area (Å²) in [5.41, 5.74) is 2.45. The molecule has 0 aliphatic carbocycles. The normalized spacial score (nSPS) is 21.2. The first-order valence-electron chi connectivity index (χ1n) is 9.60. The van der Waals surface area contributed by atoms with Gasteiger partial charge in [-0.25, -0.2) is 4.79 Å². The van der Waals surface area contributed by atoms with Crippen LogP contribution in [-0.2, 0) is 0 Å². The number of anilines is 2. The predicted molar refractivity (Wildman–Crippen MR) is 104 cm³/mol. The monoisotopic (exact) mass is 344 g/mol. The molecule has 2 heterocycles. The summed E-state index contributed by atoms with van der Waals surface area (Å²) in [4.78, 5) is 19.4. The Morgan fingerprint density at radius 2 is 1.76 bits per heavy atom. The molecule has 2 amide bonds. The van der Waals surface area contributed by atoms with Gasteiger partial charge in [-0.15, -0.1) is 0 Å². The fourth-order valence-electron chi connectivity index (χ4n) is 3.62. The van der Waals surface area contributed by atoms with Crippen molar-refractivity contribution in [3.63, 3.8) is 0 Å². The van der Waals surface area contributed by atoms with Crippen molar-refractivity contribution >= 4 is 17.4 Å². The van der Waals surface area contributed by atoms with Crippen LogP contribution in [0.15, 0.2) is 24.3 Å². The highest BCUT2D eigenvalue weighted by Crippen LogP contribution is 2.30. The number of amides is 2. The maximum absolute atomic E-state index is 12.5. The van der Waals surface area contributed by atoms with Crippen molar-refractivity contribution < 1.29 is 4.79 Å². The molecule has 0 atom stereocenters. The van der Waals surface area contributed by atoms with Crippen molar-refractivity contribution in [1.29, 1.82) is 0 Å². The summed E-state index contributed by atoms with van der Waals surface area (Å²) < 4.78 is 0. The number of nitrogens with zero attached hydrogens (tertiary/aromatic N) is 3. The number of rotatable bonds is 3. The lowest BCUT2D eigenvalue weighted by Crippen LogP contribution is -2.46. The SMILES string of the molecule is CCN1CCN(c2cccc(NC(=O)N3CCC(C)(C)CC3)c2)CC1. The number of piperidine rings is 1. The maximum atomic E-state index is 12.5. The van der Waals surface area contributed by atoms with Crippen LogP contribution >= 0.6 is 0 Å². The lowest BCUT2D eigenvalue weighted by atomic mass is 9.83. The minimum atomic E-state index is 0.0310. The summed E-state index contributed by atoms with van der Waals surface area (Å²) in [6, 6.07) is 8.30. The number of nitrogens with one attached hydrogen (secondary N) is 1. The van der Waals surface area contributed by atoms with Crippen LogP contribution in [0.4, 0.5) is 16.2 Å². The molecule has 2 aliphatic rings. The van der Waals surface area contributed by atoms with Gasteiger partial charge < -0.3 is 20.0 Å². The number of carbonyl (C=O) groups excluding carboxylic acids is 1. The van der Waals surface area contributed by atoms with Crippen molar-refractivity contribution in [2.75, 3.05) is 56.0 Å². The zero-order chi connectivity index (χ0) is 17.9. The molecule has 5 nitrogen and oxygen atoms in total. The number of hydrogen-bond donors (Lipinski definition) is 1. The van der Waals surface area contributed by atoms with Gasteiger partial charge in [0.05, 0.1) is 0 Å². The second-order valence-electron chi connectivity index (χ2n) is 8.05. The summed E-state index contributed by atoms with van der Waals surface area (Å²) in [5, 5.41) is 3.09. The zero-order valence-corrected chi connectivity index (χ0v) is 15.9. The molecule has 2 fully saturated rings. The highest BCUT2D eigenvalue weighted by atomic mass is 16.2. The third-order valence-electron chi connectivity index (χ3n) is 5.69. The van der Waals surface area contributed by atoms with Gasteiger partial charge in [0.1, 0.15) is 0 Å². The lowest BCUT2D eigenvalue weighted by molar-refractivity contribution is 0.149. The molecule has 0 bridgehead atoms. The molecular weight excluding hydrogens is 312 g/mol. The number of piperazine rings is 1. The van der Waals surface area contributed by atoms with Crippen LogP contribution in [0.2, 0.25) is 0 Å². The lowest BCUT2D eigenvalue weighted by Gasteiger charge is -2.37. The average Bonchev–Trinajstić information content (AvgIpc) is 2.62. The Morgan fingerprint density at radius 3 is 2.40 bits per heavy atom. The molecule has 1 aromatic carbocycles. The molecule has 0 aromatic heterocycles. The molecule has 0 unspecified atom stereocenters. The van der Waals surface area contributed by atoms with Crippen LogP contribution in [-0.4, -0.2) is 61.6 Å². The highest BCUT2D eigenvalue weighted by Gasteiger charge is 2.27. The fourth-order valence-corrected chi connectivity index (χ4v) is 3.62. The number of likely N-dealkylation sites (N-methyl/N-ethyl adjacent to an activating group) is 1. The number of benzene rings is 1. The first-order valence-corrected chi connectivity index (χ1v) is 9.60. The van der Waals surface area contributed by atoms with Crippen molar-refractivity contribution in [2.45, 2.75) is 33.6 Å². The largest absolute Gasteiger partial charge is 0.369 e. The van der Waals surface area contributed by atoms with Crippen LogP contribution < -0.4 is 10.2 Å². The Morgan fingerprint density at radius 1 is 1.08 bits per heavy atom. The third-order valence-corrected chi connectivity index (χ3v) is 5.69. The van der Waals surface area contributed by atoms with Crippen molar-refractivity contribution in [2.24, 2.45) is 5.41 Å². The van der Waals surface area contributed by atoms with Crippen LogP contribution in [0.3, 0.4) is 0 Å². The molecule has 25 heavy (non-hydrogen) atoms. The molecule has 2 saturated heterocycles. The summed E-state index contributed by atoms with van der Waals surface area (Å²) in [7, 11) is 0. The topological polar surface area (TPSA) is 38.8 Å². The van der Waals surface area contributed by atoms with Gasteiger partial charge in [0.2, 0.25) is 0 Å². The van der Waals surface area contributed by atoms with Crippen molar-refractivity contribution in [3.8, 4) is 0 Å². The Bertz CT molecular complexity index is 583. The highest BCUT2D eigenvalue weighted by molar-refractivity contribution is 5.90. The molecule has 0 radical (unpaired) electrons. The van der Waals surface area contributed by atoms with Gasteiger partial charge in [0.25, 0.3) is 0 Å². The summed E-state index contributed by atoms with van der Waals surface area (Å²) in [5.74, 6) is 0. The van der Waals surface area contributed by atoms with Crippen LogP contribution in [0, 0.1) is 5.41 Å². The molecule has 0 spiro atoms. The molecule has 2 aliphatic heterocycles. The smallest absolute Gasteiger partial charge is 0.321 e. The Labute approximate surface area is 152 Å². The molecule has 1 aromatic rings. The number of hydrogen-bond acceptors (Lipinski definition) is 3. The van der Waals surface area contributed by atoms with E-state index in [1.807, 2.05) is 17.0 Å². The number of urea groups is 1.